The molecule has 0 saturated carbocycles. The Bertz CT molecular complexity index is 439. The van der Waals surface area contributed by atoms with Gasteiger partial charge in [0.1, 0.15) is 0 Å². The molecule has 0 saturated heterocycles. The van der Waals surface area contributed by atoms with E-state index in [9.17, 15) is 14.7 Å². The van der Waals surface area contributed by atoms with E-state index in [4.69, 9.17) is 0 Å². The zero-order valence-electron chi connectivity index (χ0n) is 9.81. The lowest BCUT2D eigenvalue weighted by Gasteiger charge is -2.26. The standard InChI is InChI=1S/C13H15NO3/c1-3-7-11(15)14-13(2,12(16)17)10-8-5-4-6-9-10/h3-9H,1-2H3,(H,14,15)(H,16,17)/b7-3+. The molecule has 17 heavy (non-hydrogen) atoms. The smallest absolute Gasteiger partial charge is 0.333 e. The summed E-state index contributed by atoms with van der Waals surface area (Å²) in [6, 6.07) is 8.60. The van der Waals surface area contributed by atoms with Crippen molar-refractivity contribution in [3.05, 3.63) is 48.0 Å². The maximum absolute atomic E-state index is 11.5. The molecule has 0 bridgehead atoms. The Kier molecular flexibility index (Phi) is 4.04. The first-order valence-electron chi connectivity index (χ1n) is 5.24. The van der Waals surface area contributed by atoms with E-state index in [-0.39, 0.29) is 0 Å². The molecule has 2 N–H and O–H groups in total. The lowest BCUT2D eigenvalue weighted by Crippen LogP contribution is -2.49. The van der Waals surface area contributed by atoms with Crippen molar-refractivity contribution in [1.29, 1.82) is 0 Å². The third kappa shape index (κ3) is 2.93. The van der Waals surface area contributed by atoms with Crippen LogP contribution in [0.15, 0.2) is 42.5 Å². The first-order valence-corrected chi connectivity index (χ1v) is 5.24. The molecule has 0 aromatic heterocycles. The van der Waals surface area contributed by atoms with E-state index >= 15 is 0 Å². The summed E-state index contributed by atoms with van der Waals surface area (Å²) in [7, 11) is 0. The minimum atomic E-state index is -1.42. The van der Waals surface area contributed by atoms with Crippen molar-refractivity contribution in [3.63, 3.8) is 0 Å². The molecule has 1 unspecified atom stereocenters. The van der Waals surface area contributed by atoms with Gasteiger partial charge in [0.15, 0.2) is 5.54 Å². The molecular formula is C13H15NO3. The predicted octanol–water partition coefficient (Wildman–Crippen LogP) is 1.68. The summed E-state index contributed by atoms with van der Waals surface area (Å²) in [5.74, 6) is -1.53. The van der Waals surface area contributed by atoms with E-state index < -0.39 is 17.4 Å². The Labute approximate surface area is 100.0 Å². The molecule has 90 valence electrons. The fourth-order valence-corrected chi connectivity index (χ4v) is 1.46. The van der Waals surface area contributed by atoms with Gasteiger partial charge in [-0.1, -0.05) is 36.4 Å². The van der Waals surface area contributed by atoms with Gasteiger partial charge in [0.25, 0.3) is 0 Å². The molecule has 4 nitrogen and oxygen atoms in total. The zero-order chi connectivity index (χ0) is 12.9. The van der Waals surface area contributed by atoms with Gasteiger partial charge in [-0.2, -0.15) is 0 Å². The van der Waals surface area contributed by atoms with Gasteiger partial charge in [0.05, 0.1) is 0 Å². The molecule has 1 atom stereocenters. The van der Waals surface area contributed by atoms with Gasteiger partial charge in [0.2, 0.25) is 5.91 Å². The van der Waals surface area contributed by atoms with E-state index in [1.165, 1.54) is 13.0 Å². The Balaban J connectivity index is 3.07. The van der Waals surface area contributed by atoms with Crippen LogP contribution in [-0.4, -0.2) is 17.0 Å². The third-order valence-corrected chi connectivity index (χ3v) is 2.47. The number of hydrogen-bond acceptors (Lipinski definition) is 2. The summed E-state index contributed by atoms with van der Waals surface area (Å²) >= 11 is 0. The normalized spacial score (nSPS) is 14.2. The van der Waals surface area contributed by atoms with Crippen LogP contribution in [0, 0.1) is 0 Å². The van der Waals surface area contributed by atoms with Crippen LogP contribution in [0.4, 0.5) is 0 Å². The SMILES string of the molecule is C/C=C/C(=O)NC(C)(C(=O)O)c1ccccc1. The molecule has 0 fully saturated rings. The molecule has 1 aromatic carbocycles. The fraction of sp³-hybridized carbons (Fsp3) is 0.231. The first-order chi connectivity index (χ1) is 8.00. The average molecular weight is 233 g/mol. The summed E-state index contributed by atoms with van der Waals surface area (Å²) in [5, 5.41) is 11.7. The number of aliphatic carboxylic acids is 1. The highest BCUT2D eigenvalue weighted by molar-refractivity contribution is 5.93. The summed E-state index contributed by atoms with van der Waals surface area (Å²) in [5.41, 5.74) is -0.886. The third-order valence-electron chi connectivity index (χ3n) is 2.47. The lowest BCUT2D eigenvalue weighted by atomic mass is 9.92. The van der Waals surface area contributed by atoms with Crippen LogP contribution in [0.25, 0.3) is 0 Å². The quantitative estimate of drug-likeness (QED) is 0.777. The summed E-state index contributed by atoms with van der Waals surface area (Å²) in [4.78, 5) is 22.8. The second-order valence-electron chi connectivity index (χ2n) is 3.79. The van der Waals surface area contributed by atoms with Gasteiger partial charge in [-0.3, -0.25) is 4.79 Å². The maximum Gasteiger partial charge on any atom is 0.333 e. The number of carboxylic acids is 1. The Morgan fingerprint density at radius 1 is 1.29 bits per heavy atom. The van der Waals surface area contributed by atoms with Gasteiger partial charge >= 0.3 is 5.97 Å². The lowest BCUT2D eigenvalue weighted by molar-refractivity contribution is -0.146. The molecule has 1 aromatic rings. The molecule has 1 rings (SSSR count). The number of allylic oxidation sites excluding steroid dienone is 1. The Morgan fingerprint density at radius 3 is 2.35 bits per heavy atom. The number of hydrogen-bond donors (Lipinski definition) is 2. The van der Waals surface area contributed by atoms with Gasteiger partial charge in [-0.15, -0.1) is 0 Å². The molecule has 4 heteroatoms. The number of amides is 1. The molecule has 0 heterocycles. The minimum absolute atomic E-state index is 0.429. The largest absolute Gasteiger partial charge is 0.479 e. The van der Waals surface area contributed by atoms with Crippen LogP contribution in [0.1, 0.15) is 19.4 Å². The van der Waals surface area contributed by atoms with Gasteiger partial charge in [0, 0.05) is 0 Å². The summed E-state index contributed by atoms with van der Waals surface area (Å²) < 4.78 is 0. The van der Waals surface area contributed by atoms with E-state index in [0.717, 1.165) is 0 Å². The van der Waals surface area contributed by atoms with Crippen LogP contribution < -0.4 is 5.32 Å². The second kappa shape index (κ2) is 5.30. The van der Waals surface area contributed by atoms with Crippen molar-refractivity contribution >= 4 is 11.9 Å². The van der Waals surface area contributed by atoms with Crippen molar-refractivity contribution in [2.75, 3.05) is 0 Å². The number of rotatable bonds is 4. The van der Waals surface area contributed by atoms with Gasteiger partial charge in [-0.05, 0) is 25.5 Å². The average Bonchev–Trinajstić information content (AvgIpc) is 2.30. The number of benzene rings is 1. The van der Waals surface area contributed by atoms with Crippen molar-refractivity contribution in [2.45, 2.75) is 19.4 Å². The summed E-state index contributed by atoms with van der Waals surface area (Å²) in [6.45, 7) is 3.16. The molecule has 0 aliphatic carbocycles. The molecular weight excluding hydrogens is 218 g/mol. The molecule has 0 radical (unpaired) electrons. The Hall–Kier alpha value is -2.10. The number of carboxylic acid groups (broad SMARTS) is 1. The number of nitrogens with one attached hydrogen (secondary N) is 1. The second-order valence-corrected chi connectivity index (χ2v) is 3.79. The van der Waals surface area contributed by atoms with E-state index in [0.29, 0.717) is 5.56 Å². The van der Waals surface area contributed by atoms with Crippen molar-refractivity contribution in [2.24, 2.45) is 0 Å². The van der Waals surface area contributed by atoms with E-state index in [1.54, 1.807) is 43.3 Å². The predicted molar refractivity (Wildman–Crippen MR) is 64.4 cm³/mol. The van der Waals surface area contributed by atoms with Gasteiger partial charge in [-0.25, -0.2) is 4.79 Å². The highest BCUT2D eigenvalue weighted by atomic mass is 16.4. The van der Waals surface area contributed by atoms with Crippen LogP contribution >= 0.6 is 0 Å². The number of carbonyl (C=O) groups is 2. The topological polar surface area (TPSA) is 66.4 Å². The highest BCUT2D eigenvalue weighted by Crippen LogP contribution is 2.20. The fourth-order valence-electron chi connectivity index (χ4n) is 1.46. The minimum Gasteiger partial charge on any atom is -0.479 e. The van der Waals surface area contributed by atoms with Crippen molar-refractivity contribution in [3.8, 4) is 0 Å². The highest BCUT2D eigenvalue weighted by Gasteiger charge is 2.36. The van der Waals surface area contributed by atoms with Gasteiger partial charge < -0.3 is 10.4 Å². The van der Waals surface area contributed by atoms with Crippen LogP contribution in [0.2, 0.25) is 0 Å². The number of carbonyl (C=O) groups excluding carboxylic acids is 1. The van der Waals surface area contributed by atoms with E-state index in [1.807, 2.05) is 0 Å². The Morgan fingerprint density at radius 2 is 1.88 bits per heavy atom. The monoisotopic (exact) mass is 233 g/mol. The maximum atomic E-state index is 11.5. The van der Waals surface area contributed by atoms with Crippen LogP contribution in [0.5, 0.6) is 0 Å². The molecule has 0 aliphatic heterocycles. The molecule has 0 aliphatic rings. The molecule has 0 spiro atoms. The van der Waals surface area contributed by atoms with E-state index in [2.05, 4.69) is 5.32 Å². The summed E-state index contributed by atoms with van der Waals surface area (Å²) in [6.07, 6.45) is 2.85. The van der Waals surface area contributed by atoms with Crippen molar-refractivity contribution < 1.29 is 14.7 Å². The van der Waals surface area contributed by atoms with Crippen molar-refractivity contribution in [1.82, 2.24) is 5.32 Å². The zero-order valence-corrected chi connectivity index (χ0v) is 9.81. The first kappa shape index (κ1) is 13.0. The van der Waals surface area contributed by atoms with Crippen LogP contribution in [0.3, 0.4) is 0 Å². The van der Waals surface area contributed by atoms with Crippen LogP contribution in [-0.2, 0) is 15.1 Å². The molecule has 1 amide bonds.